The normalized spacial score (nSPS) is 28.3. The van der Waals surface area contributed by atoms with Gasteiger partial charge in [0.2, 0.25) is 5.91 Å². The van der Waals surface area contributed by atoms with Crippen LogP contribution in [0.2, 0.25) is 5.02 Å². The number of amides is 1. The fourth-order valence-corrected chi connectivity index (χ4v) is 3.26. The average molecular weight is 279 g/mol. The van der Waals surface area contributed by atoms with Crippen LogP contribution >= 0.6 is 11.6 Å². The van der Waals surface area contributed by atoms with E-state index in [0.717, 1.165) is 31.2 Å². The minimum absolute atomic E-state index is 0.0213. The molecule has 2 N–H and O–H groups in total. The monoisotopic (exact) mass is 278 g/mol. The van der Waals surface area contributed by atoms with Crippen molar-refractivity contribution in [3.63, 3.8) is 0 Å². The summed E-state index contributed by atoms with van der Waals surface area (Å²) >= 11 is 6.32. The highest BCUT2D eigenvalue weighted by atomic mass is 35.5. The maximum Gasteiger partial charge on any atom is 0.223 e. The summed E-state index contributed by atoms with van der Waals surface area (Å²) < 4.78 is 0. The molecule has 0 aromatic heterocycles. The number of carbonyl (C=O) groups is 1. The van der Waals surface area contributed by atoms with Crippen molar-refractivity contribution in [2.45, 2.75) is 50.2 Å². The van der Waals surface area contributed by atoms with Gasteiger partial charge in [0.1, 0.15) is 0 Å². The molecule has 0 spiro atoms. The van der Waals surface area contributed by atoms with Gasteiger partial charge in [-0.25, -0.2) is 0 Å². The third-order valence-electron chi connectivity index (χ3n) is 4.09. The quantitative estimate of drug-likeness (QED) is 0.904. The van der Waals surface area contributed by atoms with Crippen LogP contribution in [-0.4, -0.2) is 22.9 Å². The Morgan fingerprint density at radius 3 is 2.63 bits per heavy atom. The van der Waals surface area contributed by atoms with Crippen molar-refractivity contribution in [1.29, 1.82) is 0 Å². The summed E-state index contributed by atoms with van der Waals surface area (Å²) in [6.45, 7) is 0. The molecular formula is C15H19ClN2O. The zero-order valence-corrected chi connectivity index (χ0v) is 11.6. The van der Waals surface area contributed by atoms with Crippen molar-refractivity contribution in [3.05, 3.63) is 34.9 Å². The van der Waals surface area contributed by atoms with E-state index < -0.39 is 0 Å². The number of benzene rings is 1. The van der Waals surface area contributed by atoms with Gasteiger partial charge in [-0.05, 0) is 37.3 Å². The van der Waals surface area contributed by atoms with Gasteiger partial charge in [0, 0.05) is 23.5 Å². The first kappa shape index (κ1) is 12.9. The molecule has 2 aliphatic rings. The Balaban J connectivity index is 2.02. The van der Waals surface area contributed by atoms with E-state index in [9.17, 15) is 4.79 Å². The van der Waals surface area contributed by atoms with Crippen LogP contribution in [0.15, 0.2) is 24.3 Å². The van der Waals surface area contributed by atoms with E-state index in [4.69, 9.17) is 17.3 Å². The largest absolute Gasteiger partial charge is 0.331 e. The summed E-state index contributed by atoms with van der Waals surface area (Å²) in [6.07, 6.45) is 4.57. The molecule has 1 aliphatic carbocycles. The molecule has 2 atom stereocenters. The van der Waals surface area contributed by atoms with Crippen LogP contribution in [0.1, 0.15) is 43.7 Å². The third-order valence-corrected chi connectivity index (χ3v) is 4.43. The average Bonchev–Trinajstić information content (AvgIpc) is 3.20. The van der Waals surface area contributed by atoms with Gasteiger partial charge in [-0.3, -0.25) is 4.79 Å². The lowest BCUT2D eigenvalue weighted by atomic mass is 9.96. The number of likely N-dealkylation sites (tertiary alicyclic amines) is 1. The van der Waals surface area contributed by atoms with Gasteiger partial charge in [-0.15, -0.1) is 0 Å². The lowest BCUT2D eigenvalue weighted by Gasteiger charge is -2.34. The molecule has 0 bridgehead atoms. The molecule has 1 heterocycles. The number of rotatable bonds is 2. The molecule has 1 saturated carbocycles. The van der Waals surface area contributed by atoms with Crippen molar-refractivity contribution < 1.29 is 4.79 Å². The van der Waals surface area contributed by atoms with E-state index in [1.165, 1.54) is 0 Å². The topological polar surface area (TPSA) is 46.3 Å². The number of hydrogen-bond donors (Lipinski definition) is 1. The fourth-order valence-electron chi connectivity index (χ4n) is 3.02. The highest BCUT2D eigenvalue weighted by Crippen LogP contribution is 2.40. The summed E-state index contributed by atoms with van der Waals surface area (Å²) in [5.41, 5.74) is 7.34. The first-order chi connectivity index (χ1) is 9.18. The summed E-state index contributed by atoms with van der Waals surface area (Å²) in [6, 6.07) is 8.05. The maximum absolute atomic E-state index is 12.4. The number of nitrogens with two attached hydrogens (primary N) is 1. The highest BCUT2D eigenvalue weighted by molar-refractivity contribution is 6.31. The molecule has 2 fully saturated rings. The van der Waals surface area contributed by atoms with Gasteiger partial charge in [-0.1, -0.05) is 29.8 Å². The van der Waals surface area contributed by atoms with Crippen molar-refractivity contribution in [2.75, 3.05) is 0 Å². The highest BCUT2D eigenvalue weighted by Gasteiger charge is 2.42. The van der Waals surface area contributed by atoms with E-state index in [-0.39, 0.29) is 18.0 Å². The molecule has 1 aliphatic heterocycles. The predicted molar refractivity (Wildman–Crippen MR) is 75.9 cm³/mol. The Morgan fingerprint density at radius 2 is 1.95 bits per heavy atom. The Morgan fingerprint density at radius 1 is 1.21 bits per heavy atom. The number of halogens is 1. The van der Waals surface area contributed by atoms with Gasteiger partial charge in [0.15, 0.2) is 0 Å². The lowest BCUT2D eigenvalue weighted by Crippen LogP contribution is -2.43. The maximum atomic E-state index is 12.4. The summed E-state index contributed by atoms with van der Waals surface area (Å²) in [5, 5.41) is 0.711. The molecule has 1 amide bonds. The van der Waals surface area contributed by atoms with E-state index in [0.29, 0.717) is 17.5 Å². The second-order valence-corrected chi connectivity index (χ2v) is 5.96. The second-order valence-electron chi connectivity index (χ2n) is 5.55. The van der Waals surface area contributed by atoms with Gasteiger partial charge >= 0.3 is 0 Å². The molecule has 1 saturated heterocycles. The van der Waals surface area contributed by atoms with E-state index in [1.807, 2.05) is 29.2 Å². The zero-order chi connectivity index (χ0) is 13.4. The van der Waals surface area contributed by atoms with Crippen LogP contribution in [0.5, 0.6) is 0 Å². The zero-order valence-electron chi connectivity index (χ0n) is 10.9. The molecule has 1 aromatic carbocycles. The lowest BCUT2D eigenvalue weighted by molar-refractivity contribution is -0.133. The standard InChI is InChI=1S/C15H19ClN2O/c16-12-5-2-1-4-11(12)15-13(17)6-3-7-14(19)18(15)10-8-9-10/h1-2,4-5,10,13,15H,3,6-9,17H2. The minimum atomic E-state index is -0.0591. The summed E-state index contributed by atoms with van der Waals surface area (Å²) in [7, 11) is 0. The summed E-state index contributed by atoms with van der Waals surface area (Å²) in [4.78, 5) is 14.4. The molecule has 3 rings (SSSR count). The molecular weight excluding hydrogens is 260 g/mol. The molecule has 3 nitrogen and oxygen atoms in total. The Hall–Kier alpha value is -1.06. The Labute approximate surface area is 118 Å². The van der Waals surface area contributed by atoms with E-state index >= 15 is 0 Å². The molecule has 4 heteroatoms. The van der Waals surface area contributed by atoms with Crippen LogP contribution in [-0.2, 0) is 4.79 Å². The molecule has 0 radical (unpaired) electrons. The van der Waals surface area contributed by atoms with Crippen molar-refractivity contribution >= 4 is 17.5 Å². The van der Waals surface area contributed by atoms with Crippen LogP contribution < -0.4 is 5.73 Å². The van der Waals surface area contributed by atoms with Crippen LogP contribution in [0, 0.1) is 0 Å². The number of hydrogen-bond acceptors (Lipinski definition) is 2. The van der Waals surface area contributed by atoms with Crippen molar-refractivity contribution in [2.24, 2.45) is 5.73 Å². The van der Waals surface area contributed by atoms with Crippen LogP contribution in [0.4, 0.5) is 0 Å². The molecule has 19 heavy (non-hydrogen) atoms. The van der Waals surface area contributed by atoms with E-state index in [1.54, 1.807) is 0 Å². The molecule has 2 unspecified atom stereocenters. The second kappa shape index (κ2) is 5.14. The van der Waals surface area contributed by atoms with Gasteiger partial charge < -0.3 is 10.6 Å². The molecule has 102 valence electrons. The van der Waals surface area contributed by atoms with Crippen LogP contribution in [0.25, 0.3) is 0 Å². The smallest absolute Gasteiger partial charge is 0.223 e. The number of carbonyl (C=O) groups excluding carboxylic acids is 1. The summed E-state index contributed by atoms with van der Waals surface area (Å²) in [5.74, 6) is 0.236. The number of nitrogens with zero attached hydrogens (tertiary/aromatic N) is 1. The van der Waals surface area contributed by atoms with Gasteiger partial charge in [0.25, 0.3) is 0 Å². The Bertz CT molecular complexity index is 487. The fraction of sp³-hybridized carbons (Fsp3) is 0.533. The molecule has 1 aromatic rings. The van der Waals surface area contributed by atoms with Crippen molar-refractivity contribution in [3.8, 4) is 0 Å². The first-order valence-corrected chi connectivity index (χ1v) is 7.37. The third kappa shape index (κ3) is 2.49. The predicted octanol–water partition coefficient (Wildman–Crippen LogP) is 2.88. The minimum Gasteiger partial charge on any atom is -0.331 e. The van der Waals surface area contributed by atoms with Gasteiger partial charge in [-0.2, -0.15) is 0 Å². The van der Waals surface area contributed by atoms with Gasteiger partial charge in [0.05, 0.1) is 6.04 Å². The van der Waals surface area contributed by atoms with E-state index in [2.05, 4.69) is 0 Å². The van der Waals surface area contributed by atoms with Crippen molar-refractivity contribution in [1.82, 2.24) is 4.90 Å². The van der Waals surface area contributed by atoms with Crippen LogP contribution in [0.3, 0.4) is 0 Å². The SMILES string of the molecule is NC1CCCC(=O)N(C2CC2)C1c1ccccc1Cl. The Kier molecular flexibility index (Phi) is 3.50. The first-order valence-electron chi connectivity index (χ1n) is 6.99.